The van der Waals surface area contributed by atoms with Crippen LogP contribution in [0.5, 0.6) is 0 Å². The summed E-state index contributed by atoms with van der Waals surface area (Å²) < 4.78 is 27.4. The molecule has 3 heterocycles. The van der Waals surface area contributed by atoms with Crippen molar-refractivity contribution in [3.05, 3.63) is 0 Å². The highest BCUT2D eigenvalue weighted by Gasteiger charge is 2.52. The average molecular weight is 275 g/mol. The molecule has 0 aromatic heterocycles. The Bertz CT molecular complexity index is 317. The quantitative estimate of drug-likeness (QED) is 0.658. The van der Waals surface area contributed by atoms with Crippen molar-refractivity contribution in [3.8, 4) is 0 Å². The molecule has 8 atom stereocenters. The van der Waals surface area contributed by atoms with Crippen molar-refractivity contribution in [2.24, 2.45) is 5.73 Å². The van der Waals surface area contributed by atoms with Gasteiger partial charge in [0.15, 0.2) is 18.9 Å². The third-order valence-corrected chi connectivity index (χ3v) is 3.87. The van der Waals surface area contributed by atoms with Crippen LogP contribution in [0.15, 0.2) is 0 Å². The molecule has 7 nitrogen and oxygen atoms in total. The normalized spacial score (nSPS) is 53.7. The minimum atomic E-state index is -0.536. The average Bonchev–Trinajstić information content (AvgIpc) is 3.13. The number of ether oxygens (including phenoxy) is 5. The van der Waals surface area contributed by atoms with Crippen molar-refractivity contribution in [3.63, 3.8) is 0 Å². The Morgan fingerprint density at radius 2 is 1.95 bits per heavy atom. The molecule has 3 aliphatic heterocycles. The number of epoxide rings is 1. The number of fused-ring (bicyclic) bond motifs is 1. The van der Waals surface area contributed by atoms with Gasteiger partial charge in [0.1, 0.15) is 12.2 Å². The van der Waals surface area contributed by atoms with E-state index in [1.807, 2.05) is 6.92 Å². The van der Waals surface area contributed by atoms with Crippen LogP contribution >= 0.6 is 0 Å². The van der Waals surface area contributed by atoms with E-state index >= 15 is 0 Å². The lowest BCUT2D eigenvalue weighted by Crippen LogP contribution is -2.54. The fourth-order valence-electron chi connectivity index (χ4n) is 2.73. The molecule has 7 heteroatoms. The summed E-state index contributed by atoms with van der Waals surface area (Å²) in [5.41, 5.74) is 6.10. The maximum absolute atomic E-state index is 9.76. The van der Waals surface area contributed by atoms with E-state index in [1.54, 1.807) is 7.11 Å². The van der Waals surface area contributed by atoms with Gasteiger partial charge in [-0.1, -0.05) is 0 Å². The van der Waals surface area contributed by atoms with Crippen molar-refractivity contribution < 1.29 is 28.8 Å². The maximum Gasteiger partial charge on any atom is 0.190 e. The SMILES string of the molecule is COC1CC(N)C(OC2CC(O)C3OC3O2)C(C)O1. The molecule has 110 valence electrons. The zero-order valence-electron chi connectivity index (χ0n) is 11.1. The standard InChI is InChI=1S/C12H21NO6/c1-5-10(6(13)3-8(15-2)16-5)17-9-4-7(14)11-12(18-9)19-11/h5-12,14H,3-4,13H2,1-2H3. The molecule has 3 rings (SSSR count). The van der Waals surface area contributed by atoms with Gasteiger partial charge in [-0.25, -0.2) is 0 Å². The monoisotopic (exact) mass is 275 g/mol. The van der Waals surface area contributed by atoms with E-state index in [2.05, 4.69) is 0 Å². The minimum Gasteiger partial charge on any atom is -0.390 e. The first-order valence-electron chi connectivity index (χ1n) is 6.66. The second-order valence-corrected chi connectivity index (χ2v) is 5.34. The van der Waals surface area contributed by atoms with Gasteiger partial charge >= 0.3 is 0 Å². The van der Waals surface area contributed by atoms with Crippen LogP contribution in [0.1, 0.15) is 19.8 Å². The van der Waals surface area contributed by atoms with E-state index < -0.39 is 12.4 Å². The molecule has 0 radical (unpaired) electrons. The van der Waals surface area contributed by atoms with Crippen LogP contribution in [0.4, 0.5) is 0 Å². The van der Waals surface area contributed by atoms with Crippen molar-refractivity contribution in [1.82, 2.24) is 0 Å². The number of aliphatic hydroxyl groups excluding tert-OH is 1. The first-order valence-corrected chi connectivity index (χ1v) is 6.66. The number of methoxy groups -OCH3 is 1. The lowest BCUT2D eigenvalue weighted by Gasteiger charge is -2.40. The first-order chi connectivity index (χ1) is 9.08. The van der Waals surface area contributed by atoms with Gasteiger partial charge in [-0.05, 0) is 6.92 Å². The van der Waals surface area contributed by atoms with Gasteiger partial charge < -0.3 is 34.5 Å². The first kappa shape index (κ1) is 13.7. The van der Waals surface area contributed by atoms with Crippen molar-refractivity contribution in [2.45, 2.75) is 69.1 Å². The van der Waals surface area contributed by atoms with Crippen LogP contribution in [-0.4, -0.2) is 61.5 Å². The molecule has 3 N–H and O–H groups in total. The molecule has 8 unspecified atom stereocenters. The molecule has 0 bridgehead atoms. The molecule has 3 fully saturated rings. The smallest absolute Gasteiger partial charge is 0.190 e. The molecule has 3 saturated heterocycles. The van der Waals surface area contributed by atoms with Gasteiger partial charge in [-0.15, -0.1) is 0 Å². The molecule has 19 heavy (non-hydrogen) atoms. The van der Waals surface area contributed by atoms with E-state index in [9.17, 15) is 5.11 Å². The van der Waals surface area contributed by atoms with Crippen molar-refractivity contribution in [1.29, 1.82) is 0 Å². The Labute approximate surface area is 111 Å². The lowest BCUT2D eigenvalue weighted by atomic mass is 10.00. The summed E-state index contributed by atoms with van der Waals surface area (Å²) in [7, 11) is 1.59. The van der Waals surface area contributed by atoms with E-state index in [-0.39, 0.29) is 36.9 Å². The molecule has 0 aromatic rings. The van der Waals surface area contributed by atoms with E-state index in [4.69, 9.17) is 29.4 Å². The summed E-state index contributed by atoms with van der Waals surface area (Å²) in [6.45, 7) is 1.89. The zero-order valence-corrected chi connectivity index (χ0v) is 11.1. The Morgan fingerprint density at radius 1 is 1.16 bits per heavy atom. The number of hydrogen-bond donors (Lipinski definition) is 2. The Kier molecular flexibility index (Phi) is 3.78. The maximum atomic E-state index is 9.76. The zero-order chi connectivity index (χ0) is 13.6. The summed E-state index contributed by atoms with van der Waals surface area (Å²) in [5.74, 6) is 0. The van der Waals surface area contributed by atoms with Gasteiger partial charge in [0.25, 0.3) is 0 Å². The predicted molar refractivity (Wildman–Crippen MR) is 63.0 cm³/mol. The Balaban J connectivity index is 1.56. The molecular formula is C12H21NO6. The van der Waals surface area contributed by atoms with Crippen LogP contribution in [0.2, 0.25) is 0 Å². The Morgan fingerprint density at radius 3 is 2.58 bits per heavy atom. The second kappa shape index (κ2) is 5.25. The second-order valence-electron chi connectivity index (χ2n) is 5.34. The van der Waals surface area contributed by atoms with Crippen LogP contribution in [0.3, 0.4) is 0 Å². The van der Waals surface area contributed by atoms with Crippen LogP contribution < -0.4 is 5.73 Å². The summed E-state index contributed by atoms with van der Waals surface area (Å²) in [6, 6.07) is -0.188. The van der Waals surface area contributed by atoms with Crippen LogP contribution in [0.25, 0.3) is 0 Å². The molecule has 0 aromatic carbocycles. The van der Waals surface area contributed by atoms with E-state index in [0.717, 1.165) is 0 Å². The van der Waals surface area contributed by atoms with Gasteiger partial charge in [0.2, 0.25) is 0 Å². The molecule has 0 saturated carbocycles. The fourth-order valence-corrected chi connectivity index (χ4v) is 2.73. The topological polar surface area (TPSA) is 95.7 Å². The molecule has 3 aliphatic rings. The number of hydrogen-bond acceptors (Lipinski definition) is 7. The van der Waals surface area contributed by atoms with Gasteiger partial charge in [-0.2, -0.15) is 0 Å². The highest BCUT2D eigenvalue weighted by Crippen LogP contribution is 2.37. The van der Waals surface area contributed by atoms with Crippen LogP contribution in [0, 0.1) is 0 Å². The van der Waals surface area contributed by atoms with Gasteiger partial charge in [-0.3, -0.25) is 0 Å². The predicted octanol–water partition coefficient (Wildman–Crippen LogP) is -0.688. The number of rotatable bonds is 3. The number of nitrogens with two attached hydrogens (primary N) is 1. The highest BCUT2D eigenvalue weighted by molar-refractivity contribution is 4.91. The minimum absolute atomic E-state index is 0.188. The molecule has 0 spiro atoms. The van der Waals surface area contributed by atoms with E-state index in [1.165, 1.54) is 0 Å². The summed E-state index contributed by atoms with van der Waals surface area (Å²) in [5, 5.41) is 9.76. The van der Waals surface area contributed by atoms with Gasteiger partial charge in [0, 0.05) is 26.0 Å². The van der Waals surface area contributed by atoms with Crippen LogP contribution in [-0.2, 0) is 23.7 Å². The summed E-state index contributed by atoms with van der Waals surface area (Å²) in [6.07, 6.45) is -1.35. The van der Waals surface area contributed by atoms with Crippen molar-refractivity contribution >= 4 is 0 Å². The number of aliphatic hydroxyl groups is 1. The lowest BCUT2D eigenvalue weighted by molar-refractivity contribution is -0.273. The fraction of sp³-hybridized carbons (Fsp3) is 1.00. The van der Waals surface area contributed by atoms with Crippen molar-refractivity contribution in [2.75, 3.05) is 7.11 Å². The summed E-state index contributed by atoms with van der Waals surface area (Å²) in [4.78, 5) is 0. The largest absolute Gasteiger partial charge is 0.390 e. The van der Waals surface area contributed by atoms with E-state index in [0.29, 0.717) is 12.8 Å². The molecular weight excluding hydrogens is 254 g/mol. The third kappa shape index (κ3) is 2.78. The third-order valence-electron chi connectivity index (χ3n) is 3.87. The summed E-state index contributed by atoms with van der Waals surface area (Å²) >= 11 is 0. The molecule has 0 aliphatic carbocycles. The highest BCUT2D eigenvalue weighted by atomic mass is 16.8. The molecule has 0 amide bonds. The van der Waals surface area contributed by atoms with Gasteiger partial charge in [0.05, 0.1) is 12.2 Å². The Hall–Kier alpha value is -0.280.